The minimum absolute atomic E-state index is 0.0581. The zero-order valence-corrected chi connectivity index (χ0v) is 12.5. The van der Waals surface area contributed by atoms with Crippen LogP contribution in [0.15, 0.2) is 16.5 Å². The van der Waals surface area contributed by atoms with Crippen molar-refractivity contribution in [3.8, 4) is 0 Å². The van der Waals surface area contributed by atoms with Gasteiger partial charge in [0.15, 0.2) is 0 Å². The van der Waals surface area contributed by atoms with Gasteiger partial charge in [-0.3, -0.25) is 14.5 Å². The Bertz CT molecular complexity index is 514. The number of furan rings is 1. The van der Waals surface area contributed by atoms with E-state index < -0.39 is 11.9 Å². The summed E-state index contributed by atoms with van der Waals surface area (Å²) in [5.74, 6) is 1.10. The molecule has 7 nitrogen and oxygen atoms in total. The van der Waals surface area contributed by atoms with Gasteiger partial charge < -0.3 is 20.4 Å². The zero-order valence-electron chi connectivity index (χ0n) is 12.5. The van der Waals surface area contributed by atoms with Gasteiger partial charge in [-0.15, -0.1) is 0 Å². The fourth-order valence-electron chi connectivity index (χ4n) is 2.40. The number of nitrogens with zero attached hydrogens (tertiary/aromatic N) is 2. The molecule has 1 unspecified atom stereocenters. The number of likely N-dealkylation sites (N-methyl/N-ethyl adjacent to an activating group) is 1. The van der Waals surface area contributed by atoms with Crippen LogP contribution < -0.4 is 11.1 Å². The molecule has 7 heteroatoms. The highest BCUT2D eigenvalue weighted by atomic mass is 16.3. The van der Waals surface area contributed by atoms with Crippen molar-refractivity contribution in [1.82, 2.24) is 15.1 Å². The molecule has 1 aliphatic rings. The standard InChI is InChI=1S/C14H22N4O3/c1-10-3-4-11(21-10)8-17(2)13(19)9-18-6-5-16-7-12(18)14(15)20/h3-4,12,16H,5-9H2,1-2H3,(H2,15,20). The molecule has 2 heterocycles. The highest BCUT2D eigenvalue weighted by molar-refractivity contribution is 5.82. The second-order valence-electron chi connectivity index (χ2n) is 5.35. The Morgan fingerprint density at radius 3 is 2.90 bits per heavy atom. The van der Waals surface area contributed by atoms with E-state index in [9.17, 15) is 9.59 Å². The Morgan fingerprint density at radius 1 is 1.52 bits per heavy atom. The van der Waals surface area contributed by atoms with E-state index in [4.69, 9.17) is 10.2 Å². The first-order valence-corrected chi connectivity index (χ1v) is 7.00. The highest BCUT2D eigenvalue weighted by Crippen LogP contribution is 2.10. The maximum Gasteiger partial charge on any atom is 0.236 e. The van der Waals surface area contributed by atoms with Crippen LogP contribution in [0.5, 0.6) is 0 Å². The number of piperazine rings is 1. The summed E-state index contributed by atoms with van der Waals surface area (Å²) in [7, 11) is 1.72. The number of nitrogens with one attached hydrogen (secondary N) is 1. The summed E-state index contributed by atoms with van der Waals surface area (Å²) in [5, 5.41) is 3.11. The molecule has 2 amide bonds. The molecule has 1 fully saturated rings. The van der Waals surface area contributed by atoms with Crippen LogP contribution in [0.3, 0.4) is 0 Å². The normalized spacial score (nSPS) is 19.4. The van der Waals surface area contributed by atoms with Gasteiger partial charge in [0, 0.05) is 26.7 Å². The summed E-state index contributed by atoms with van der Waals surface area (Å²) < 4.78 is 5.46. The van der Waals surface area contributed by atoms with Crippen molar-refractivity contribution in [1.29, 1.82) is 0 Å². The third kappa shape index (κ3) is 4.05. The Hall–Kier alpha value is -1.86. The van der Waals surface area contributed by atoms with Crippen LogP contribution in [0, 0.1) is 6.92 Å². The van der Waals surface area contributed by atoms with Crippen LogP contribution in [0.2, 0.25) is 0 Å². The second-order valence-corrected chi connectivity index (χ2v) is 5.35. The number of primary amides is 1. The van der Waals surface area contributed by atoms with Crippen LogP contribution in [-0.4, -0.2) is 60.9 Å². The van der Waals surface area contributed by atoms with E-state index in [1.54, 1.807) is 11.9 Å². The Labute approximate surface area is 124 Å². The molecule has 1 aromatic rings. The Balaban J connectivity index is 1.91. The third-order valence-corrected chi connectivity index (χ3v) is 3.64. The Kier molecular flexibility index (Phi) is 4.98. The molecule has 1 saturated heterocycles. The molecule has 0 aliphatic carbocycles. The topological polar surface area (TPSA) is 91.8 Å². The van der Waals surface area contributed by atoms with Gasteiger partial charge in [-0.1, -0.05) is 0 Å². The molecule has 0 aromatic carbocycles. The second kappa shape index (κ2) is 6.73. The van der Waals surface area contributed by atoms with Gasteiger partial charge in [-0.05, 0) is 19.1 Å². The lowest BCUT2D eigenvalue weighted by Crippen LogP contribution is -2.58. The van der Waals surface area contributed by atoms with Crippen LogP contribution in [0.1, 0.15) is 11.5 Å². The minimum Gasteiger partial charge on any atom is -0.464 e. The molecule has 0 saturated carbocycles. The van der Waals surface area contributed by atoms with Crippen LogP contribution in [0.25, 0.3) is 0 Å². The molecule has 1 aliphatic heterocycles. The summed E-state index contributed by atoms with van der Waals surface area (Å²) in [6.07, 6.45) is 0. The highest BCUT2D eigenvalue weighted by Gasteiger charge is 2.29. The fourth-order valence-corrected chi connectivity index (χ4v) is 2.40. The summed E-state index contributed by atoms with van der Waals surface area (Å²) in [6.45, 7) is 4.34. The number of nitrogens with two attached hydrogens (primary N) is 1. The first kappa shape index (κ1) is 15.5. The molecule has 3 N–H and O–H groups in total. The molecular formula is C14H22N4O3. The predicted molar refractivity (Wildman–Crippen MR) is 77.3 cm³/mol. The fraction of sp³-hybridized carbons (Fsp3) is 0.571. The molecule has 1 atom stereocenters. The van der Waals surface area contributed by atoms with E-state index in [1.807, 2.05) is 24.0 Å². The van der Waals surface area contributed by atoms with Gasteiger partial charge in [0.05, 0.1) is 13.1 Å². The van der Waals surface area contributed by atoms with E-state index in [1.165, 1.54) is 0 Å². The maximum atomic E-state index is 12.3. The van der Waals surface area contributed by atoms with Crippen LogP contribution >= 0.6 is 0 Å². The van der Waals surface area contributed by atoms with Gasteiger partial charge >= 0.3 is 0 Å². The lowest BCUT2D eigenvalue weighted by molar-refractivity contribution is -0.134. The van der Waals surface area contributed by atoms with Crippen LogP contribution in [0.4, 0.5) is 0 Å². The van der Waals surface area contributed by atoms with Crippen molar-refractivity contribution in [3.63, 3.8) is 0 Å². The number of hydrogen-bond donors (Lipinski definition) is 2. The lowest BCUT2D eigenvalue weighted by Gasteiger charge is -2.34. The van der Waals surface area contributed by atoms with E-state index in [0.717, 1.165) is 18.1 Å². The van der Waals surface area contributed by atoms with Gasteiger partial charge in [0.1, 0.15) is 17.6 Å². The van der Waals surface area contributed by atoms with Crippen molar-refractivity contribution in [2.45, 2.75) is 19.5 Å². The van der Waals surface area contributed by atoms with Gasteiger partial charge in [0.25, 0.3) is 0 Å². The van der Waals surface area contributed by atoms with E-state index in [2.05, 4.69) is 5.32 Å². The average molecular weight is 294 g/mol. The van der Waals surface area contributed by atoms with Crippen molar-refractivity contribution >= 4 is 11.8 Å². The van der Waals surface area contributed by atoms with Gasteiger partial charge in [-0.25, -0.2) is 0 Å². The summed E-state index contributed by atoms with van der Waals surface area (Å²) in [4.78, 5) is 27.1. The molecule has 1 aromatic heterocycles. The number of carbonyl (C=O) groups is 2. The van der Waals surface area contributed by atoms with Crippen molar-refractivity contribution in [2.24, 2.45) is 5.73 Å². The first-order chi connectivity index (χ1) is 9.97. The number of amides is 2. The number of hydrogen-bond acceptors (Lipinski definition) is 5. The Morgan fingerprint density at radius 2 is 2.29 bits per heavy atom. The SMILES string of the molecule is Cc1ccc(CN(C)C(=O)CN2CCNCC2C(N)=O)o1. The van der Waals surface area contributed by atoms with Crippen molar-refractivity contribution < 1.29 is 14.0 Å². The van der Waals surface area contributed by atoms with E-state index in [0.29, 0.717) is 19.6 Å². The summed E-state index contributed by atoms with van der Waals surface area (Å²) >= 11 is 0. The molecular weight excluding hydrogens is 272 g/mol. The molecule has 0 spiro atoms. The summed E-state index contributed by atoms with van der Waals surface area (Å²) in [5.41, 5.74) is 5.38. The largest absolute Gasteiger partial charge is 0.464 e. The number of aryl methyl sites for hydroxylation is 1. The summed E-state index contributed by atoms with van der Waals surface area (Å²) in [6, 6.07) is 3.30. The number of carbonyl (C=O) groups excluding carboxylic acids is 2. The van der Waals surface area contributed by atoms with Gasteiger partial charge in [-0.2, -0.15) is 0 Å². The molecule has 2 rings (SSSR count). The van der Waals surface area contributed by atoms with Crippen LogP contribution in [-0.2, 0) is 16.1 Å². The third-order valence-electron chi connectivity index (χ3n) is 3.64. The zero-order chi connectivity index (χ0) is 15.4. The molecule has 0 radical (unpaired) electrons. The van der Waals surface area contributed by atoms with E-state index >= 15 is 0 Å². The molecule has 116 valence electrons. The van der Waals surface area contributed by atoms with Gasteiger partial charge in [0.2, 0.25) is 11.8 Å². The first-order valence-electron chi connectivity index (χ1n) is 7.00. The predicted octanol–water partition coefficient (Wildman–Crippen LogP) is -0.694. The monoisotopic (exact) mass is 294 g/mol. The lowest BCUT2D eigenvalue weighted by atomic mass is 10.2. The molecule has 21 heavy (non-hydrogen) atoms. The van der Waals surface area contributed by atoms with Crippen molar-refractivity contribution in [2.75, 3.05) is 33.2 Å². The minimum atomic E-state index is -0.429. The quantitative estimate of drug-likeness (QED) is 0.749. The average Bonchev–Trinajstić information content (AvgIpc) is 2.84. The van der Waals surface area contributed by atoms with Crippen molar-refractivity contribution in [3.05, 3.63) is 23.7 Å². The maximum absolute atomic E-state index is 12.3. The smallest absolute Gasteiger partial charge is 0.236 e. The number of rotatable bonds is 5. The molecule has 0 bridgehead atoms. The van der Waals surface area contributed by atoms with E-state index in [-0.39, 0.29) is 12.5 Å².